The zero-order valence-electron chi connectivity index (χ0n) is 21.2. The van der Waals surface area contributed by atoms with Crippen LogP contribution in [0.3, 0.4) is 0 Å². The highest BCUT2D eigenvalue weighted by molar-refractivity contribution is 5.95. The molecule has 2 heterocycles. The van der Waals surface area contributed by atoms with Gasteiger partial charge in [-0.15, -0.1) is 13.2 Å². The van der Waals surface area contributed by atoms with E-state index in [-0.39, 0.29) is 41.4 Å². The van der Waals surface area contributed by atoms with E-state index in [0.29, 0.717) is 26.0 Å². The highest BCUT2D eigenvalue weighted by atomic mass is 19.4. The summed E-state index contributed by atoms with van der Waals surface area (Å²) in [6.45, 7) is 1.19. The van der Waals surface area contributed by atoms with Crippen molar-refractivity contribution in [3.8, 4) is 5.75 Å². The highest BCUT2D eigenvalue weighted by Gasteiger charge is 2.48. The average Bonchev–Trinajstić information content (AvgIpc) is 3.34. The van der Waals surface area contributed by atoms with Crippen LogP contribution in [-0.4, -0.2) is 55.4 Å². The summed E-state index contributed by atoms with van der Waals surface area (Å²) in [5, 5.41) is 6.58. The third-order valence-electron chi connectivity index (χ3n) is 7.96. The lowest BCUT2D eigenvalue weighted by atomic mass is 9.81. The topological polar surface area (TPSA) is 79.9 Å². The van der Waals surface area contributed by atoms with Crippen molar-refractivity contribution >= 4 is 17.5 Å². The summed E-state index contributed by atoms with van der Waals surface area (Å²) in [5.74, 6) is -0.897. The van der Waals surface area contributed by atoms with Crippen LogP contribution in [0.25, 0.3) is 0 Å². The Morgan fingerprint density at radius 1 is 1.05 bits per heavy atom. The number of carbonyl (C=O) groups is 2. The fourth-order valence-electron chi connectivity index (χ4n) is 6.29. The molecule has 3 aliphatic rings. The van der Waals surface area contributed by atoms with Gasteiger partial charge in [0.1, 0.15) is 5.75 Å². The van der Waals surface area contributed by atoms with E-state index in [9.17, 15) is 22.8 Å². The van der Waals surface area contributed by atoms with Crippen molar-refractivity contribution in [1.82, 2.24) is 10.2 Å². The number of likely N-dealkylation sites (tertiary alicyclic amines) is 1. The third kappa shape index (κ3) is 5.45. The molecule has 0 spiro atoms. The lowest BCUT2D eigenvalue weighted by Gasteiger charge is -2.41. The first-order chi connectivity index (χ1) is 18.2. The van der Waals surface area contributed by atoms with Crippen LogP contribution in [0.4, 0.5) is 18.9 Å². The first-order valence-electron chi connectivity index (χ1n) is 13.1. The number of nitrogens with one attached hydrogen (secondary N) is 2. The van der Waals surface area contributed by atoms with E-state index in [0.717, 1.165) is 42.6 Å². The molecule has 2 aromatic rings. The molecule has 5 rings (SSSR count). The van der Waals surface area contributed by atoms with E-state index in [1.165, 1.54) is 12.1 Å². The lowest BCUT2D eigenvalue weighted by molar-refractivity contribution is -0.274. The summed E-state index contributed by atoms with van der Waals surface area (Å²) < 4.78 is 46.7. The second kappa shape index (κ2) is 10.8. The molecule has 2 N–H and O–H groups in total. The molecular formula is C28H32F3N3O4. The van der Waals surface area contributed by atoms with Crippen LogP contribution in [-0.2, 0) is 9.53 Å². The van der Waals surface area contributed by atoms with Crippen molar-refractivity contribution in [2.45, 2.75) is 56.6 Å². The van der Waals surface area contributed by atoms with Crippen LogP contribution >= 0.6 is 0 Å². The van der Waals surface area contributed by atoms with E-state index < -0.39 is 18.0 Å². The fraction of sp³-hybridized carbons (Fsp3) is 0.500. The quantitative estimate of drug-likeness (QED) is 0.554. The van der Waals surface area contributed by atoms with Gasteiger partial charge in [-0.25, -0.2) is 0 Å². The molecule has 0 radical (unpaired) electrons. The van der Waals surface area contributed by atoms with E-state index in [4.69, 9.17) is 4.74 Å². The Hall–Kier alpha value is -3.27. The SMILES string of the molecule is COC[C@@H]1Nc2ccccc2[C@H]2[C@@H]1CCN2C(=O)[C@H]1CCCC[C@H]1NC(=O)c1ccc(OC(F)(F)F)cc1. The lowest BCUT2D eigenvalue weighted by Crippen LogP contribution is -2.50. The summed E-state index contributed by atoms with van der Waals surface area (Å²) in [6.07, 6.45) is -0.796. The first-order valence-corrected chi connectivity index (χ1v) is 13.1. The van der Waals surface area contributed by atoms with Crippen LogP contribution in [0.5, 0.6) is 5.75 Å². The summed E-state index contributed by atoms with van der Waals surface area (Å²) >= 11 is 0. The van der Waals surface area contributed by atoms with E-state index in [1.54, 1.807) is 7.11 Å². The van der Waals surface area contributed by atoms with Gasteiger partial charge >= 0.3 is 6.36 Å². The second-order valence-corrected chi connectivity index (χ2v) is 10.3. The molecule has 2 aliphatic heterocycles. The minimum Gasteiger partial charge on any atom is -0.406 e. The predicted molar refractivity (Wildman–Crippen MR) is 135 cm³/mol. The first kappa shape index (κ1) is 26.3. The standard InChI is InChI=1S/C28H32F3N3O4/c1-37-16-24-20-14-15-34(25(20)19-6-2-4-8-22(19)32-24)27(36)21-7-3-5-9-23(21)33-26(35)17-10-12-18(13-11-17)38-28(29,30)31/h2,4,6,8,10-13,20-21,23-25,32H,3,5,7,9,14-16H2,1H3,(H,33,35)/t20-,21+,23-,24+,25+/m1/s1. The maximum absolute atomic E-state index is 14.0. The number of anilines is 1. The van der Waals surface area contributed by atoms with Gasteiger partial charge in [-0.3, -0.25) is 9.59 Å². The Morgan fingerprint density at radius 3 is 2.53 bits per heavy atom. The summed E-state index contributed by atoms with van der Waals surface area (Å²) in [7, 11) is 1.68. The minimum absolute atomic E-state index is 0.0456. The van der Waals surface area contributed by atoms with Crippen molar-refractivity contribution in [1.29, 1.82) is 0 Å². The van der Waals surface area contributed by atoms with Crippen molar-refractivity contribution < 1.29 is 32.2 Å². The monoisotopic (exact) mass is 531 g/mol. The summed E-state index contributed by atoms with van der Waals surface area (Å²) in [6, 6.07) is 12.6. The van der Waals surface area contributed by atoms with E-state index in [2.05, 4.69) is 21.4 Å². The van der Waals surface area contributed by atoms with Crippen molar-refractivity contribution in [2.75, 3.05) is 25.6 Å². The van der Waals surface area contributed by atoms with E-state index >= 15 is 0 Å². The fourth-order valence-corrected chi connectivity index (χ4v) is 6.29. The molecule has 204 valence electrons. The third-order valence-corrected chi connectivity index (χ3v) is 7.96. The number of para-hydroxylation sites is 1. The van der Waals surface area contributed by atoms with Gasteiger partial charge in [-0.05, 0) is 55.2 Å². The number of nitrogens with zero attached hydrogens (tertiary/aromatic N) is 1. The number of hydrogen-bond donors (Lipinski definition) is 2. The molecule has 10 heteroatoms. The molecular weight excluding hydrogens is 499 g/mol. The maximum Gasteiger partial charge on any atom is 0.573 e. The number of rotatable bonds is 6. The number of fused-ring (bicyclic) bond motifs is 3. The second-order valence-electron chi connectivity index (χ2n) is 10.3. The van der Waals surface area contributed by atoms with Gasteiger partial charge in [0.25, 0.3) is 5.91 Å². The van der Waals surface area contributed by atoms with Gasteiger partial charge in [-0.1, -0.05) is 31.0 Å². The van der Waals surface area contributed by atoms with Crippen molar-refractivity contribution in [3.05, 3.63) is 59.7 Å². The van der Waals surface area contributed by atoms with E-state index in [1.807, 2.05) is 23.1 Å². The molecule has 5 atom stereocenters. The number of alkyl halides is 3. The molecule has 38 heavy (non-hydrogen) atoms. The minimum atomic E-state index is -4.80. The average molecular weight is 532 g/mol. The molecule has 1 saturated carbocycles. The largest absolute Gasteiger partial charge is 0.573 e. The molecule has 2 amide bonds. The Bertz CT molecular complexity index is 1160. The number of halogens is 3. The van der Waals surface area contributed by atoms with Crippen LogP contribution < -0.4 is 15.4 Å². The number of benzene rings is 2. The normalized spacial score (nSPS) is 26.6. The van der Waals surface area contributed by atoms with Gasteiger partial charge in [0.05, 0.1) is 24.6 Å². The number of amides is 2. The highest BCUT2D eigenvalue weighted by Crippen LogP contribution is 2.47. The van der Waals surface area contributed by atoms with Crippen LogP contribution in [0.2, 0.25) is 0 Å². The number of methoxy groups -OCH3 is 1. The van der Waals surface area contributed by atoms with Crippen LogP contribution in [0.15, 0.2) is 48.5 Å². The smallest absolute Gasteiger partial charge is 0.406 e. The molecule has 1 aliphatic carbocycles. The molecule has 0 bridgehead atoms. The van der Waals surface area contributed by atoms with Gasteiger partial charge in [0.2, 0.25) is 5.91 Å². The Kier molecular flexibility index (Phi) is 7.52. The van der Waals surface area contributed by atoms with Gasteiger partial charge < -0.3 is 25.0 Å². The van der Waals surface area contributed by atoms with Crippen LogP contribution in [0.1, 0.15) is 54.1 Å². The molecule has 0 unspecified atom stereocenters. The molecule has 2 fully saturated rings. The number of ether oxygens (including phenoxy) is 2. The predicted octanol–water partition coefficient (Wildman–Crippen LogP) is 4.90. The molecule has 1 saturated heterocycles. The van der Waals surface area contributed by atoms with Crippen LogP contribution in [0, 0.1) is 11.8 Å². The Morgan fingerprint density at radius 2 is 1.79 bits per heavy atom. The maximum atomic E-state index is 14.0. The summed E-state index contributed by atoms with van der Waals surface area (Å²) in [5.41, 5.74) is 2.34. The zero-order chi connectivity index (χ0) is 26.9. The Labute approximate surface area is 219 Å². The van der Waals surface area contributed by atoms with Crippen molar-refractivity contribution in [2.24, 2.45) is 11.8 Å². The zero-order valence-corrected chi connectivity index (χ0v) is 21.2. The van der Waals surface area contributed by atoms with Gasteiger partial charge in [0.15, 0.2) is 0 Å². The number of hydrogen-bond acceptors (Lipinski definition) is 5. The molecule has 7 nitrogen and oxygen atoms in total. The Balaban J connectivity index is 1.32. The van der Waals surface area contributed by atoms with Gasteiger partial charge in [0, 0.05) is 36.9 Å². The van der Waals surface area contributed by atoms with Crippen molar-refractivity contribution in [3.63, 3.8) is 0 Å². The van der Waals surface area contributed by atoms with Gasteiger partial charge in [-0.2, -0.15) is 0 Å². The summed E-state index contributed by atoms with van der Waals surface area (Å²) in [4.78, 5) is 29.0. The molecule has 0 aromatic heterocycles. The molecule has 2 aromatic carbocycles. The number of carbonyl (C=O) groups excluding carboxylic acids is 2.